The molecule has 0 aliphatic carbocycles. The highest BCUT2D eigenvalue weighted by atomic mass is 16.5. The van der Waals surface area contributed by atoms with E-state index in [2.05, 4.69) is 52.3 Å². The van der Waals surface area contributed by atoms with Crippen LogP contribution in [0.15, 0.2) is 74.6 Å². The molecular formula is C36H44N6O6. The van der Waals surface area contributed by atoms with Gasteiger partial charge in [-0.05, 0) is 64.8 Å². The summed E-state index contributed by atoms with van der Waals surface area (Å²) < 4.78 is 12.6. The van der Waals surface area contributed by atoms with Crippen LogP contribution in [0.3, 0.4) is 0 Å². The van der Waals surface area contributed by atoms with Crippen LogP contribution in [0.2, 0.25) is 0 Å². The second kappa shape index (κ2) is 14.5. The summed E-state index contributed by atoms with van der Waals surface area (Å²) in [4.78, 5) is 42.0. The van der Waals surface area contributed by atoms with E-state index in [1.165, 1.54) is 10.8 Å². The number of anilines is 1. The maximum atomic E-state index is 12.7. The van der Waals surface area contributed by atoms with Crippen LogP contribution < -0.4 is 26.2 Å². The quantitative estimate of drug-likeness (QED) is 0.229. The Balaban J connectivity index is 1.20. The molecule has 3 atom stereocenters. The number of hydrogen-bond acceptors (Lipinski definition) is 9. The highest BCUT2D eigenvalue weighted by molar-refractivity contribution is 5.85. The molecule has 3 N–H and O–H groups in total. The van der Waals surface area contributed by atoms with Gasteiger partial charge in [0.25, 0.3) is 5.56 Å². The van der Waals surface area contributed by atoms with E-state index in [0.29, 0.717) is 30.8 Å². The van der Waals surface area contributed by atoms with Crippen molar-refractivity contribution in [2.75, 3.05) is 25.1 Å². The first-order chi connectivity index (χ1) is 22.9. The number of azo groups is 1. The molecule has 3 heterocycles. The third-order valence-electron chi connectivity index (χ3n) is 8.75. The molecule has 2 aromatic carbocycles. The fourth-order valence-electron chi connectivity index (χ4n) is 6.12. The lowest BCUT2D eigenvalue weighted by Crippen LogP contribution is -2.45. The van der Waals surface area contributed by atoms with Crippen LogP contribution in [0, 0.1) is 6.92 Å². The molecule has 1 unspecified atom stereocenters. The Morgan fingerprint density at radius 1 is 1.19 bits per heavy atom. The molecule has 5 rings (SSSR count). The molecule has 0 saturated carbocycles. The van der Waals surface area contributed by atoms with Crippen molar-refractivity contribution in [2.24, 2.45) is 10.2 Å². The van der Waals surface area contributed by atoms with E-state index in [1.807, 2.05) is 43.3 Å². The summed E-state index contributed by atoms with van der Waals surface area (Å²) in [5, 5.41) is 21.8. The normalized spacial score (nSPS) is 20.3. The van der Waals surface area contributed by atoms with Crippen molar-refractivity contribution in [2.45, 2.75) is 77.9 Å². The van der Waals surface area contributed by atoms with Crippen LogP contribution in [0.5, 0.6) is 5.75 Å². The fraction of sp³-hybridized carbons (Fsp3) is 0.417. The van der Waals surface area contributed by atoms with E-state index in [9.17, 15) is 19.5 Å². The van der Waals surface area contributed by atoms with Gasteiger partial charge in [0.2, 0.25) is 5.91 Å². The van der Waals surface area contributed by atoms with Crippen LogP contribution in [0.25, 0.3) is 11.6 Å². The molecule has 0 spiro atoms. The molecule has 1 aromatic heterocycles. The van der Waals surface area contributed by atoms with Gasteiger partial charge < -0.3 is 24.8 Å². The zero-order valence-electron chi connectivity index (χ0n) is 28.3. The Labute approximate surface area is 279 Å². The number of fused-ring (bicyclic) bond motifs is 1. The maximum Gasteiger partial charge on any atom is 0.330 e. The lowest BCUT2D eigenvalue weighted by Gasteiger charge is -2.43. The first-order valence-electron chi connectivity index (χ1n) is 16.2. The topological polar surface area (TPSA) is 151 Å². The number of ether oxygens (including phenoxy) is 2. The molecule has 1 fully saturated rings. The minimum Gasteiger partial charge on any atom is -0.494 e. The predicted octanol–water partition coefficient (Wildman–Crippen LogP) is 5.55. The number of carbonyl (C=O) groups excluding carboxylic acids is 1. The molecular weight excluding hydrogens is 612 g/mol. The van der Waals surface area contributed by atoms with Crippen molar-refractivity contribution < 1.29 is 19.4 Å². The van der Waals surface area contributed by atoms with Gasteiger partial charge in [-0.1, -0.05) is 35.9 Å². The van der Waals surface area contributed by atoms with Gasteiger partial charge in [0.1, 0.15) is 17.7 Å². The Morgan fingerprint density at radius 2 is 1.94 bits per heavy atom. The van der Waals surface area contributed by atoms with Gasteiger partial charge >= 0.3 is 5.69 Å². The molecule has 48 heavy (non-hydrogen) atoms. The van der Waals surface area contributed by atoms with Crippen LogP contribution >= 0.6 is 0 Å². The molecule has 0 radical (unpaired) electrons. The summed E-state index contributed by atoms with van der Waals surface area (Å²) in [6.07, 6.45) is 6.23. The first-order valence-corrected chi connectivity index (χ1v) is 16.2. The Bertz CT molecular complexity index is 1850. The average molecular weight is 657 g/mol. The number of aliphatic hydroxyl groups excluding tert-OH is 1. The lowest BCUT2D eigenvalue weighted by molar-refractivity contribution is -0.120. The highest BCUT2D eigenvalue weighted by Crippen LogP contribution is 2.45. The van der Waals surface area contributed by atoms with Crippen LogP contribution in [0.1, 0.15) is 69.9 Å². The van der Waals surface area contributed by atoms with Gasteiger partial charge in [-0.25, -0.2) is 4.79 Å². The Hall–Kier alpha value is -4.81. The number of benzene rings is 2. The number of methoxy groups -OCH3 is 1. The van der Waals surface area contributed by atoms with Gasteiger partial charge in [0, 0.05) is 49.4 Å². The third kappa shape index (κ3) is 7.83. The van der Waals surface area contributed by atoms with Crippen LogP contribution in [-0.2, 0) is 9.53 Å². The molecule has 254 valence electrons. The lowest BCUT2D eigenvalue weighted by atomic mass is 9.88. The number of allylic oxidation sites excluding steroid dienone is 1. The van der Waals surface area contributed by atoms with E-state index in [4.69, 9.17) is 9.47 Å². The summed E-state index contributed by atoms with van der Waals surface area (Å²) in [6.45, 7) is 11.0. The first kappa shape index (κ1) is 34.5. The van der Waals surface area contributed by atoms with Gasteiger partial charge in [-0.3, -0.25) is 19.1 Å². The van der Waals surface area contributed by atoms with Crippen LogP contribution in [0.4, 0.5) is 17.1 Å². The third-order valence-corrected chi connectivity index (χ3v) is 8.75. The number of aliphatic hydroxyl groups is 1. The molecule has 0 bridgehead atoms. The van der Waals surface area contributed by atoms with Crippen LogP contribution in [-0.4, -0.2) is 58.5 Å². The number of nitrogens with one attached hydrogen (secondary N) is 2. The number of aromatic amines is 1. The number of aromatic nitrogens is 2. The number of carbonyl (C=O) groups is 1. The summed E-state index contributed by atoms with van der Waals surface area (Å²) in [7, 11) is 1.62. The summed E-state index contributed by atoms with van der Waals surface area (Å²) in [6, 6.07) is 11.8. The smallest absolute Gasteiger partial charge is 0.330 e. The average Bonchev–Trinajstić information content (AvgIpc) is 3.37. The van der Waals surface area contributed by atoms with Crippen molar-refractivity contribution in [3.63, 3.8) is 0 Å². The number of nitrogens with zero attached hydrogens (tertiary/aromatic N) is 4. The number of aryl methyl sites for hydroxylation is 1. The summed E-state index contributed by atoms with van der Waals surface area (Å²) in [5.41, 5.74) is 4.51. The fourth-order valence-corrected chi connectivity index (χ4v) is 6.12. The van der Waals surface area contributed by atoms with Crippen molar-refractivity contribution >= 4 is 34.6 Å². The number of amides is 1. The van der Waals surface area contributed by atoms with Crippen molar-refractivity contribution in [3.8, 4) is 5.75 Å². The van der Waals surface area contributed by atoms with Crippen molar-refractivity contribution in [1.29, 1.82) is 0 Å². The van der Waals surface area contributed by atoms with E-state index >= 15 is 0 Å². The predicted molar refractivity (Wildman–Crippen MR) is 186 cm³/mol. The summed E-state index contributed by atoms with van der Waals surface area (Å²) in [5.74, 6) is 0.494. The molecule has 1 amide bonds. The second-order valence-electron chi connectivity index (χ2n) is 12.9. The van der Waals surface area contributed by atoms with Crippen molar-refractivity contribution in [3.05, 3.63) is 92.3 Å². The van der Waals surface area contributed by atoms with E-state index in [1.54, 1.807) is 26.2 Å². The Morgan fingerprint density at radius 3 is 2.62 bits per heavy atom. The molecule has 3 aromatic rings. The second-order valence-corrected chi connectivity index (χ2v) is 12.9. The monoisotopic (exact) mass is 656 g/mol. The Kier molecular flexibility index (Phi) is 10.4. The number of rotatable bonds is 11. The van der Waals surface area contributed by atoms with E-state index in [-0.39, 0.29) is 30.0 Å². The van der Waals surface area contributed by atoms with Gasteiger partial charge in [0.15, 0.2) is 0 Å². The molecule has 2 aliphatic rings. The molecule has 12 heteroatoms. The zero-order chi connectivity index (χ0) is 34.6. The van der Waals surface area contributed by atoms with Gasteiger partial charge in [-0.15, -0.1) is 5.11 Å². The van der Waals surface area contributed by atoms with Crippen molar-refractivity contribution in [1.82, 2.24) is 14.9 Å². The number of hydrogen-bond donors (Lipinski definition) is 3. The molecule has 12 nitrogen and oxygen atoms in total. The largest absolute Gasteiger partial charge is 0.494 e. The highest BCUT2D eigenvalue weighted by Gasteiger charge is 2.33. The molecule has 1 saturated heterocycles. The summed E-state index contributed by atoms with van der Waals surface area (Å²) >= 11 is 0. The minimum absolute atomic E-state index is 0.118. The van der Waals surface area contributed by atoms with E-state index in [0.717, 1.165) is 28.1 Å². The molecule has 2 aliphatic heterocycles. The standard InChI is InChI=1S/C36H44N6O6/c1-22-11-13-26(14-12-22)39-40-28-17-27-23(2)20-36(4,5)42(29(27)18-31(28)47-6)16-8-10-32(44)37-15-7-9-25-21-41(35(46)38-34(25)45)33-19-30(43)24(3)48-33/h7,9,11-14,17-18,20-21,24,30,33,43H,8,10,15-16,19H2,1-6H3,(H,37,44)(H,38,45,46)/b9-7+,40-39?/t24-,30?,33-/m1/s1. The van der Waals surface area contributed by atoms with E-state index < -0.39 is 29.7 Å². The maximum absolute atomic E-state index is 12.7. The minimum atomic E-state index is -0.693. The van der Waals surface area contributed by atoms with Gasteiger partial charge in [-0.2, -0.15) is 5.11 Å². The SMILES string of the molecule is COc1cc2c(cc1N=Nc1ccc(C)cc1)C(C)=CC(C)(C)N2CCCC(=O)NC/C=C/c1cn([C@H]2CC(O)[C@@H](C)O2)c(=O)[nH]c1=O. The number of H-pyrrole nitrogens is 1. The van der Waals surface area contributed by atoms with Gasteiger partial charge in [0.05, 0.1) is 36.1 Å². The zero-order valence-corrected chi connectivity index (χ0v) is 28.3.